The third-order valence-corrected chi connectivity index (χ3v) is 5.65. The Morgan fingerprint density at radius 3 is 2.55 bits per heavy atom. The van der Waals surface area contributed by atoms with Gasteiger partial charge in [0.25, 0.3) is 0 Å². The summed E-state index contributed by atoms with van der Waals surface area (Å²) in [4.78, 5) is 11.6. The van der Waals surface area contributed by atoms with Crippen molar-refractivity contribution in [2.75, 3.05) is 11.4 Å². The summed E-state index contributed by atoms with van der Waals surface area (Å²) < 4.78 is 0. The van der Waals surface area contributed by atoms with Crippen LogP contribution in [-0.2, 0) is 13.0 Å². The number of benzene rings is 3. The minimum atomic E-state index is 0.713. The lowest BCUT2D eigenvalue weighted by molar-refractivity contribution is 0.937. The summed E-state index contributed by atoms with van der Waals surface area (Å²) in [6.07, 6.45) is 4.57. The molecule has 0 fully saturated rings. The van der Waals surface area contributed by atoms with Crippen LogP contribution in [0.1, 0.15) is 16.7 Å². The number of pyridine rings is 1. The van der Waals surface area contributed by atoms with Crippen molar-refractivity contribution in [1.29, 1.82) is 0 Å². The molecule has 3 nitrogen and oxygen atoms in total. The molecule has 0 amide bonds. The molecule has 0 unspecified atom stereocenters. The van der Waals surface area contributed by atoms with E-state index in [4.69, 9.17) is 16.6 Å². The summed E-state index contributed by atoms with van der Waals surface area (Å²) in [7, 11) is 0. The maximum atomic E-state index is 6.50. The van der Waals surface area contributed by atoms with Gasteiger partial charge in [0.2, 0.25) is 0 Å². The van der Waals surface area contributed by atoms with E-state index in [2.05, 4.69) is 64.5 Å². The Morgan fingerprint density at radius 2 is 1.72 bits per heavy atom. The molecular weight excluding hydrogens is 378 g/mol. The van der Waals surface area contributed by atoms with Gasteiger partial charge in [-0.25, -0.2) is 0 Å². The summed E-state index contributed by atoms with van der Waals surface area (Å²) >= 11 is 6.50. The van der Waals surface area contributed by atoms with Crippen molar-refractivity contribution in [2.45, 2.75) is 13.0 Å². The Kier molecular flexibility index (Phi) is 4.74. The van der Waals surface area contributed by atoms with Crippen molar-refractivity contribution in [3.63, 3.8) is 0 Å². The van der Waals surface area contributed by atoms with Crippen molar-refractivity contribution in [3.8, 4) is 0 Å². The molecule has 142 valence electrons. The molecule has 0 saturated heterocycles. The molecule has 4 aromatic rings. The number of amidine groups is 1. The maximum absolute atomic E-state index is 6.50. The lowest BCUT2D eigenvalue weighted by atomic mass is 10.1. The number of hydrogen-bond acceptors (Lipinski definition) is 2. The highest BCUT2D eigenvalue weighted by Gasteiger charge is 2.28. The van der Waals surface area contributed by atoms with E-state index >= 15 is 0 Å². The normalized spacial score (nSPS) is 14.1. The Labute approximate surface area is 175 Å². The molecule has 29 heavy (non-hydrogen) atoms. The molecule has 3 aromatic carbocycles. The summed E-state index contributed by atoms with van der Waals surface area (Å²) in [6, 6.07) is 25.0. The standard InChI is InChI=1S/C25H20ClN3/c26-22-11-12-23-24-20(22)9-4-10-21(24)25(28-15-13-18-8-5-14-27-16-18)29(23)17-19-6-2-1-3-7-19/h1-12,14,16H,13,15,17H2. The molecule has 1 aliphatic rings. The molecule has 0 saturated carbocycles. The van der Waals surface area contributed by atoms with Crippen LogP contribution in [0.4, 0.5) is 5.69 Å². The first-order valence-electron chi connectivity index (χ1n) is 9.78. The fourth-order valence-electron chi connectivity index (χ4n) is 3.96. The lowest BCUT2D eigenvalue weighted by Gasteiger charge is -2.21. The second-order valence-electron chi connectivity index (χ2n) is 7.18. The molecule has 1 aromatic heterocycles. The highest BCUT2D eigenvalue weighted by atomic mass is 35.5. The minimum absolute atomic E-state index is 0.713. The van der Waals surface area contributed by atoms with Crippen molar-refractivity contribution in [3.05, 3.63) is 107 Å². The number of aliphatic imine (C=N–C) groups is 1. The zero-order valence-corrected chi connectivity index (χ0v) is 16.7. The van der Waals surface area contributed by atoms with Crippen LogP contribution in [-0.4, -0.2) is 17.4 Å². The minimum Gasteiger partial charge on any atom is -0.321 e. The van der Waals surface area contributed by atoms with Gasteiger partial charge in [-0.3, -0.25) is 9.98 Å². The molecular formula is C25H20ClN3. The summed E-state index contributed by atoms with van der Waals surface area (Å²) in [6.45, 7) is 1.49. The van der Waals surface area contributed by atoms with Crippen LogP contribution in [0.3, 0.4) is 0 Å². The fraction of sp³-hybridized carbons (Fsp3) is 0.120. The summed E-state index contributed by atoms with van der Waals surface area (Å²) in [5.41, 5.74) is 4.78. The molecule has 0 aliphatic carbocycles. The van der Waals surface area contributed by atoms with E-state index in [1.54, 1.807) is 6.20 Å². The van der Waals surface area contributed by atoms with Gasteiger partial charge in [-0.15, -0.1) is 0 Å². The van der Waals surface area contributed by atoms with Gasteiger partial charge in [-0.1, -0.05) is 66.2 Å². The van der Waals surface area contributed by atoms with E-state index in [0.717, 1.165) is 34.8 Å². The van der Waals surface area contributed by atoms with Crippen molar-refractivity contribution in [2.24, 2.45) is 4.99 Å². The Hall–Kier alpha value is -3.17. The van der Waals surface area contributed by atoms with Crippen molar-refractivity contribution in [1.82, 2.24) is 4.98 Å². The first-order valence-corrected chi connectivity index (χ1v) is 10.2. The van der Waals surface area contributed by atoms with Crippen LogP contribution in [0.5, 0.6) is 0 Å². The van der Waals surface area contributed by atoms with Gasteiger partial charge in [-0.2, -0.15) is 0 Å². The largest absolute Gasteiger partial charge is 0.321 e. The third kappa shape index (κ3) is 3.39. The molecule has 0 atom stereocenters. The number of halogens is 1. The van der Waals surface area contributed by atoms with E-state index in [0.29, 0.717) is 6.54 Å². The second-order valence-corrected chi connectivity index (χ2v) is 7.59. The first kappa shape index (κ1) is 17.9. The molecule has 0 N–H and O–H groups in total. The van der Waals surface area contributed by atoms with Crippen LogP contribution in [0.15, 0.2) is 90.2 Å². The van der Waals surface area contributed by atoms with Gasteiger partial charge < -0.3 is 4.90 Å². The molecule has 5 rings (SSSR count). The SMILES string of the molecule is Clc1ccc2c3c(cccc13)C(=NCCc1cccnc1)N2Cc1ccccc1. The average Bonchev–Trinajstić information content (AvgIpc) is 3.06. The van der Waals surface area contributed by atoms with Gasteiger partial charge in [0, 0.05) is 46.8 Å². The van der Waals surface area contributed by atoms with Gasteiger partial charge in [-0.05, 0) is 35.7 Å². The van der Waals surface area contributed by atoms with Crippen LogP contribution >= 0.6 is 11.6 Å². The van der Waals surface area contributed by atoms with E-state index in [9.17, 15) is 0 Å². The molecule has 1 aliphatic heterocycles. The number of hydrogen-bond donors (Lipinski definition) is 0. The summed E-state index contributed by atoms with van der Waals surface area (Å²) in [5, 5.41) is 3.05. The highest BCUT2D eigenvalue weighted by Crippen LogP contribution is 2.41. The number of anilines is 1. The Balaban J connectivity index is 1.55. The predicted molar refractivity (Wildman–Crippen MR) is 121 cm³/mol. The van der Waals surface area contributed by atoms with Gasteiger partial charge >= 0.3 is 0 Å². The van der Waals surface area contributed by atoms with E-state index in [1.165, 1.54) is 22.2 Å². The summed E-state index contributed by atoms with van der Waals surface area (Å²) in [5.74, 6) is 1.01. The fourth-order valence-corrected chi connectivity index (χ4v) is 4.18. The van der Waals surface area contributed by atoms with Crippen LogP contribution in [0.25, 0.3) is 10.8 Å². The topological polar surface area (TPSA) is 28.5 Å². The molecule has 4 heteroatoms. The predicted octanol–water partition coefficient (Wildman–Crippen LogP) is 5.90. The molecule has 0 radical (unpaired) electrons. The number of nitrogens with zero attached hydrogens (tertiary/aromatic N) is 3. The van der Waals surface area contributed by atoms with Gasteiger partial charge in [0.15, 0.2) is 0 Å². The quantitative estimate of drug-likeness (QED) is 0.419. The lowest BCUT2D eigenvalue weighted by Crippen LogP contribution is -2.27. The zero-order valence-electron chi connectivity index (χ0n) is 15.9. The Bertz CT molecular complexity index is 1190. The van der Waals surface area contributed by atoms with Crippen LogP contribution in [0.2, 0.25) is 5.02 Å². The zero-order chi connectivity index (χ0) is 19.6. The highest BCUT2D eigenvalue weighted by molar-refractivity contribution is 6.38. The number of aromatic nitrogens is 1. The van der Waals surface area contributed by atoms with E-state index in [-0.39, 0.29) is 0 Å². The van der Waals surface area contributed by atoms with Crippen molar-refractivity contribution < 1.29 is 0 Å². The second kappa shape index (κ2) is 7.69. The van der Waals surface area contributed by atoms with Gasteiger partial charge in [0.05, 0.1) is 5.69 Å². The number of rotatable bonds is 5. The third-order valence-electron chi connectivity index (χ3n) is 5.32. The van der Waals surface area contributed by atoms with Gasteiger partial charge in [0.1, 0.15) is 5.84 Å². The monoisotopic (exact) mass is 397 g/mol. The molecule has 0 bridgehead atoms. The molecule has 0 spiro atoms. The van der Waals surface area contributed by atoms with E-state index in [1.807, 2.05) is 24.4 Å². The van der Waals surface area contributed by atoms with Crippen molar-refractivity contribution >= 4 is 33.9 Å². The smallest absolute Gasteiger partial charge is 0.136 e. The molecule has 2 heterocycles. The van der Waals surface area contributed by atoms with Crippen LogP contribution in [0, 0.1) is 0 Å². The maximum Gasteiger partial charge on any atom is 0.136 e. The average molecular weight is 398 g/mol. The van der Waals surface area contributed by atoms with E-state index < -0.39 is 0 Å². The Morgan fingerprint density at radius 1 is 0.862 bits per heavy atom. The van der Waals surface area contributed by atoms with Crippen LogP contribution < -0.4 is 4.90 Å². The first-order chi connectivity index (χ1) is 14.3.